The molecule has 0 radical (unpaired) electrons. The van der Waals surface area contributed by atoms with E-state index in [1.54, 1.807) is 6.08 Å². The number of benzene rings is 1. The Bertz CT molecular complexity index is 955. The monoisotopic (exact) mass is 438 g/mol. The van der Waals surface area contributed by atoms with Crippen molar-refractivity contribution in [1.82, 2.24) is 4.98 Å². The Morgan fingerprint density at radius 2 is 1.90 bits per heavy atom. The van der Waals surface area contributed by atoms with E-state index in [2.05, 4.69) is 11.6 Å². The molecule has 0 unspecified atom stereocenters. The number of carbonyl (C=O) groups is 3. The van der Waals surface area contributed by atoms with E-state index in [0.717, 1.165) is 30.5 Å². The molecule has 31 heavy (non-hydrogen) atoms. The molecule has 162 valence electrons. The van der Waals surface area contributed by atoms with Gasteiger partial charge in [0.15, 0.2) is 11.7 Å². The number of esters is 1. The quantitative estimate of drug-likeness (QED) is 0.477. The van der Waals surface area contributed by atoms with Crippen LogP contribution < -0.4 is 4.90 Å². The first-order chi connectivity index (χ1) is 15.1. The van der Waals surface area contributed by atoms with Crippen molar-refractivity contribution in [2.45, 2.75) is 32.1 Å². The lowest BCUT2D eigenvalue weighted by molar-refractivity contribution is -0.156. The third kappa shape index (κ3) is 4.77. The van der Waals surface area contributed by atoms with Crippen molar-refractivity contribution in [3.63, 3.8) is 0 Å². The van der Waals surface area contributed by atoms with Gasteiger partial charge in [-0.25, -0.2) is 4.98 Å². The zero-order valence-corrected chi connectivity index (χ0v) is 18.2. The lowest BCUT2D eigenvalue weighted by Gasteiger charge is -2.36. The summed E-state index contributed by atoms with van der Waals surface area (Å²) in [5.41, 5.74) is 1.76. The molecule has 2 saturated carbocycles. The van der Waals surface area contributed by atoms with Gasteiger partial charge >= 0.3 is 5.97 Å². The number of fused-ring (bicyclic) bond motifs is 2. The first kappa shape index (κ1) is 21.4. The first-order valence-electron chi connectivity index (χ1n) is 10.7. The van der Waals surface area contributed by atoms with Crippen LogP contribution in [0.15, 0.2) is 48.4 Å². The van der Waals surface area contributed by atoms with Crippen molar-refractivity contribution in [2.24, 2.45) is 17.8 Å². The molecule has 0 aliphatic heterocycles. The van der Waals surface area contributed by atoms with Gasteiger partial charge in [0, 0.05) is 29.3 Å². The smallest absolute Gasteiger partial charge is 0.309 e. The summed E-state index contributed by atoms with van der Waals surface area (Å²) >= 11 is 1.36. The molecule has 7 heteroatoms. The van der Waals surface area contributed by atoms with E-state index in [4.69, 9.17) is 4.74 Å². The summed E-state index contributed by atoms with van der Waals surface area (Å²) in [6, 6.07) is 9.74. The third-order valence-electron chi connectivity index (χ3n) is 6.12. The van der Waals surface area contributed by atoms with E-state index in [1.807, 2.05) is 35.7 Å². The van der Waals surface area contributed by atoms with Gasteiger partial charge in [0.2, 0.25) is 0 Å². The molecule has 6 nitrogen and oxygen atoms in total. The van der Waals surface area contributed by atoms with Crippen LogP contribution in [0.1, 0.15) is 32.1 Å². The second kappa shape index (κ2) is 9.56. The highest BCUT2D eigenvalue weighted by Gasteiger charge is 2.42. The molecule has 1 heterocycles. The summed E-state index contributed by atoms with van der Waals surface area (Å²) in [7, 11) is 0. The van der Waals surface area contributed by atoms with Gasteiger partial charge in [-0.05, 0) is 25.7 Å². The molecule has 0 spiro atoms. The van der Waals surface area contributed by atoms with Crippen molar-refractivity contribution in [3.8, 4) is 11.3 Å². The summed E-state index contributed by atoms with van der Waals surface area (Å²) in [4.78, 5) is 43.7. The number of thiazole rings is 1. The highest BCUT2D eigenvalue weighted by molar-refractivity contribution is 7.14. The number of aromatic nitrogens is 1. The topological polar surface area (TPSA) is 76.6 Å². The highest BCUT2D eigenvalue weighted by atomic mass is 32.1. The number of ketones is 1. The normalized spacial score (nSPS) is 22.6. The molecule has 2 aromatic rings. The number of carbonyl (C=O) groups excluding carboxylic acids is 3. The number of Topliss-reactive ketones (excluding diaryl/α,β-unsaturated/α-hetero) is 1. The standard InChI is InChI=1S/C24H26N2O4S/c1-2-11-26(24-25-20(15-31-24)16-7-4-3-5-8-16)21(27)14-30-23(29)19-12-17-9-6-10-18(13-19)22(17)28/h2-5,7-8,15,17-19H,1,6,9-14H2/t17-,18-/m0/s1. The molecule has 2 aliphatic rings. The van der Waals surface area contributed by atoms with Gasteiger partial charge in [0.05, 0.1) is 11.6 Å². The number of amides is 1. The van der Waals surface area contributed by atoms with Gasteiger partial charge in [-0.3, -0.25) is 19.3 Å². The maximum atomic E-state index is 12.8. The average molecular weight is 439 g/mol. The molecule has 1 amide bonds. The number of anilines is 1. The SMILES string of the molecule is C=CCN(C(=O)COC(=O)C1C[C@@H]2CCC[C@@H](C1)C2=O)c1nc(-c2ccccc2)cs1. The molecule has 2 fully saturated rings. The maximum Gasteiger partial charge on any atom is 0.309 e. The molecule has 2 bridgehead atoms. The third-order valence-corrected chi connectivity index (χ3v) is 6.99. The van der Waals surface area contributed by atoms with Crippen molar-refractivity contribution in [3.05, 3.63) is 48.4 Å². The summed E-state index contributed by atoms with van der Waals surface area (Å²) in [6.45, 7) is 3.66. The van der Waals surface area contributed by atoms with E-state index in [-0.39, 0.29) is 42.8 Å². The minimum atomic E-state index is -0.375. The Kier molecular flexibility index (Phi) is 6.61. The first-order valence-corrected chi connectivity index (χ1v) is 11.6. The lowest BCUT2D eigenvalue weighted by atomic mass is 9.67. The Balaban J connectivity index is 1.38. The van der Waals surface area contributed by atoms with Crippen LogP contribution >= 0.6 is 11.3 Å². The van der Waals surface area contributed by atoms with E-state index >= 15 is 0 Å². The molecular weight excluding hydrogens is 412 g/mol. The summed E-state index contributed by atoms with van der Waals surface area (Å²) in [5, 5.41) is 2.44. The van der Waals surface area contributed by atoms with Crippen LogP contribution in [0.4, 0.5) is 5.13 Å². The number of hydrogen-bond donors (Lipinski definition) is 0. The molecule has 1 aromatic heterocycles. The second-order valence-electron chi connectivity index (χ2n) is 8.18. The van der Waals surface area contributed by atoms with Crippen LogP contribution in [0, 0.1) is 17.8 Å². The van der Waals surface area contributed by atoms with Gasteiger partial charge in [-0.2, -0.15) is 0 Å². The van der Waals surface area contributed by atoms with E-state index in [1.165, 1.54) is 16.2 Å². The molecule has 2 atom stereocenters. The van der Waals surface area contributed by atoms with E-state index in [0.29, 0.717) is 23.8 Å². The average Bonchev–Trinajstić information content (AvgIpc) is 3.26. The van der Waals surface area contributed by atoms with Gasteiger partial charge in [0.25, 0.3) is 5.91 Å². The van der Waals surface area contributed by atoms with Crippen LogP contribution in [0.5, 0.6) is 0 Å². The fraction of sp³-hybridized carbons (Fsp3) is 0.417. The van der Waals surface area contributed by atoms with Crippen molar-refractivity contribution in [2.75, 3.05) is 18.1 Å². The fourth-order valence-electron chi connectivity index (χ4n) is 4.55. The largest absolute Gasteiger partial charge is 0.455 e. The Hall–Kier alpha value is -2.80. The molecular formula is C24H26N2O4S. The Morgan fingerprint density at radius 1 is 1.19 bits per heavy atom. The summed E-state index contributed by atoms with van der Waals surface area (Å²) in [6.07, 6.45) is 5.49. The number of ether oxygens (including phenoxy) is 1. The number of hydrogen-bond acceptors (Lipinski definition) is 6. The minimum Gasteiger partial charge on any atom is -0.455 e. The van der Waals surface area contributed by atoms with E-state index in [9.17, 15) is 14.4 Å². The van der Waals surface area contributed by atoms with Crippen molar-refractivity contribution >= 4 is 34.1 Å². The van der Waals surface area contributed by atoms with E-state index < -0.39 is 0 Å². The summed E-state index contributed by atoms with van der Waals surface area (Å²) in [5.74, 6) is -0.746. The van der Waals surface area contributed by atoms with Crippen LogP contribution in [0.3, 0.4) is 0 Å². The predicted molar refractivity (Wildman–Crippen MR) is 120 cm³/mol. The van der Waals surface area contributed by atoms with Gasteiger partial charge < -0.3 is 4.74 Å². The second-order valence-corrected chi connectivity index (χ2v) is 9.01. The molecule has 0 saturated heterocycles. The van der Waals surface area contributed by atoms with Crippen LogP contribution in [0.2, 0.25) is 0 Å². The minimum absolute atomic E-state index is 0.0234. The summed E-state index contributed by atoms with van der Waals surface area (Å²) < 4.78 is 5.39. The van der Waals surface area contributed by atoms with Gasteiger partial charge in [0.1, 0.15) is 5.78 Å². The number of nitrogens with zero attached hydrogens (tertiary/aromatic N) is 2. The zero-order valence-electron chi connectivity index (χ0n) is 17.4. The van der Waals surface area contributed by atoms with Crippen LogP contribution in [-0.4, -0.2) is 35.8 Å². The van der Waals surface area contributed by atoms with Gasteiger partial charge in [-0.15, -0.1) is 17.9 Å². The molecule has 1 aromatic carbocycles. The maximum absolute atomic E-state index is 12.8. The highest BCUT2D eigenvalue weighted by Crippen LogP contribution is 2.40. The van der Waals surface area contributed by atoms with Crippen LogP contribution in [-0.2, 0) is 19.1 Å². The zero-order chi connectivity index (χ0) is 21.8. The fourth-order valence-corrected chi connectivity index (χ4v) is 5.41. The predicted octanol–water partition coefficient (Wildman–Crippen LogP) is 4.27. The molecule has 2 aliphatic carbocycles. The molecule has 4 rings (SSSR count). The van der Waals surface area contributed by atoms with Gasteiger partial charge in [-0.1, -0.05) is 42.8 Å². The number of rotatable bonds is 7. The molecule has 0 N–H and O–H groups in total. The van der Waals surface area contributed by atoms with Crippen LogP contribution in [0.25, 0.3) is 11.3 Å². The van der Waals surface area contributed by atoms with Crippen molar-refractivity contribution < 1.29 is 19.1 Å². The lowest BCUT2D eigenvalue weighted by Crippen LogP contribution is -2.40. The Morgan fingerprint density at radius 3 is 2.58 bits per heavy atom. The van der Waals surface area contributed by atoms with Crippen molar-refractivity contribution in [1.29, 1.82) is 0 Å². The Labute approximate surface area is 185 Å².